The van der Waals surface area contributed by atoms with Crippen LogP contribution in [0.3, 0.4) is 0 Å². The summed E-state index contributed by atoms with van der Waals surface area (Å²) in [5, 5.41) is 12.8. The van der Waals surface area contributed by atoms with Gasteiger partial charge in [-0.3, -0.25) is 4.90 Å². The van der Waals surface area contributed by atoms with Crippen LogP contribution in [0.1, 0.15) is 24.4 Å². The van der Waals surface area contributed by atoms with E-state index in [1.165, 1.54) is 4.90 Å². The lowest BCUT2D eigenvalue weighted by molar-refractivity contribution is 0.123. The topological polar surface area (TPSA) is 89.3 Å². The number of azide groups is 1. The molecule has 1 N–H and O–H groups in total. The van der Waals surface area contributed by atoms with Crippen molar-refractivity contribution >= 4 is 22.0 Å². The normalized spacial score (nSPS) is 22.1. The van der Waals surface area contributed by atoms with Gasteiger partial charge < -0.3 is 5.11 Å². The van der Waals surface area contributed by atoms with Crippen LogP contribution in [-0.4, -0.2) is 28.7 Å². The highest BCUT2D eigenvalue weighted by Crippen LogP contribution is 2.36. The third-order valence-corrected chi connectivity index (χ3v) is 3.86. The Labute approximate surface area is 118 Å². The van der Waals surface area contributed by atoms with Gasteiger partial charge in [0.05, 0.1) is 6.04 Å². The Balaban J connectivity index is 2.23. The van der Waals surface area contributed by atoms with Crippen molar-refractivity contribution in [1.82, 2.24) is 4.90 Å². The van der Waals surface area contributed by atoms with Gasteiger partial charge in [0.25, 0.3) is 0 Å². The van der Waals surface area contributed by atoms with E-state index in [0.29, 0.717) is 6.42 Å². The Kier molecular flexibility index (Phi) is 4.29. The molecule has 1 aliphatic heterocycles. The maximum Gasteiger partial charge on any atom is 0.408 e. The fourth-order valence-electron chi connectivity index (χ4n) is 2.49. The van der Waals surface area contributed by atoms with Crippen molar-refractivity contribution in [1.29, 1.82) is 0 Å². The van der Waals surface area contributed by atoms with Gasteiger partial charge in [-0.15, -0.1) is 0 Å². The number of likely N-dealkylation sites (tertiary alicyclic amines) is 1. The second-order valence-corrected chi connectivity index (χ2v) is 5.32. The summed E-state index contributed by atoms with van der Waals surface area (Å²) in [6.45, 7) is 0.190. The van der Waals surface area contributed by atoms with Crippen LogP contribution in [0.2, 0.25) is 0 Å². The zero-order chi connectivity index (χ0) is 13.8. The molecule has 0 aromatic heterocycles. The van der Waals surface area contributed by atoms with Gasteiger partial charge in [0, 0.05) is 22.0 Å². The van der Waals surface area contributed by atoms with Crippen molar-refractivity contribution in [3.05, 3.63) is 44.7 Å². The van der Waals surface area contributed by atoms with E-state index in [1.807, 2.05) is 24.3 Å². The van der Waals surface area contributed by atoms with Crippen LogP contribution >= 0.6 is 15.9 Å². The fourth-order valence-corrected chi connectivity index (χ4v) is 2.76. The molecule has 2 atom stereocenters. The second kappa shape index (κ2) is 5.95. The molecule has 1 aromatic rings. The summed E-state index contributed by atoms with van der Waals surface area (Å²) in [5.41, 5.74) is 9.32. The Morgan fingerprint density at radius 1 is 1.47 bits per heavy atom. The predicted molar refractivity (Wildman–Crippen MR) is 73.8 cm³/mol. The van der Waals surface area contributed by atoms with Crippen molar-refractivity contribution in [3.8, 4) is 0 Å². The van der Waals surface area contributed by atoms with Crippen molar-refractivity contribution in [3.63, 3.8) is 0 Å². The summed E-state index contributed by atoms with van der Waals surface area (Å²) >= 11 is 3.36. The zero-order valence-corrected chi connectivity index (χ0v) is 11.7. The number of rotatable bonds is 3. The summed E-state index contributed by atoms with van der Waals surface area (Å²) in [6.07, 6.45) is 0.495. The molecule has 1 amide bonds. The number of carboxylic acid groups (broad SMARTS) is 1. The lowest BCUT2D eigenvalue weighted by Gasteiger charge is -2.27. The fraction of sp³-hybridized carbons (Fsp3) is 0.417. The minimum atomic E-state index is -0.969. The van der Waals surface area contributed by atoms with Gasteiger partial charge in [0.1, 0.15) is 0 Å². The van der Waals surface area contributed by atoms with Crippen molar-refractivity contribution in [2.75, 3.05) is 6.54 Å². The zero-order valence-electron chi connectivity index (χ0n) is 10.1. The van der Waals surface area contributed by atoms with E-state index in [9.17, 15) is 9.90 Å². The van der Waals surface area contributed by atoms with Crippen LogP contribution in [-0.2, 0) is 0 Å². The molecule has 7 heteroatoms. The summed E-state index contributed by atoms with van der Waals surface area (Å²) in [5.74, 6) is 0. The molecule has 19 heavy (non-hydrogen) atoms. The van der Waals surface area contributed by atoms with Gasteiger partial charge in [0.15, 0.2) is 0 Å². The van der Waals surface area contributed by atoms with E-state index in [4.69, 9.17) is 5.53 Å². The number of hydrogen-bond donors (Lipinski definition) is 1. The molecule has 2 unspecified atom stereocenters. The Morgan fingerprint density at radius 2 is 2.16 bits per heavy atom. The molecule has 0 radical (unpaired) electrons. The van der Waals surface area contributed by atoms with Gasteiger partial charge in [0.2, 0.25) is 0 Å². The molecule has 0 spiro atoms. The first-order valence-corrected chi connectivity index (χ1v) is 6.70. The van der Waals surface area contributed by atoms with Crippen LogP contribution in [0.5, 0.6) is 0 Å². The molecular formula is C12H13BrN4O2. The lowest BCUT2D eigenvalue weighted by Crippen LogP contribution is -2.37. The van der Waals surface area contributed by atoms with E-state index in [-0.39, 0.29) is 18.6 Å². The lowest BCUT2D eigenvalue weighted by atomic mass is 10.1. The molecule has 0 saturated carbocycles. The molecule has 1 fully saturated rings. The number of carbonyl (C=O) groups is 1. The maximum atomic E-state index is 11.4. The van der Waals surface area contributed by atoms with Gasteiger partial charge in [-0.05, 0) is 36.1 Å². The second-order valence-electron chi connectivity index (χ2n) is 4.40. The molecule has 2 rings (SSSR count). The largest absolute Gasteiger partial charge is 0.465 e. The molecule has 1 saturated heterocycles. The van der Waals surface area contributed by atoms with Crippen LogP contribution < -0.4 is 0 Å². The molecule has 0 aliphatic carbocycles. The average molecular weight is 325 g/mol. The van der Waals surface area contributed by atoms with Crippen LogP contribution in [0, 0.1) is 0 Å². The first-order chi connectivity index (χ1) is 9.13. The Hall–Kier alpha value is -1.72. The van der Waals surface area contributed by atoms with Gasteiger partial charge in [-0.25, -0.2) is 4.79 Å². The monoisotopic (exact) mass is 324 g/mol. The minimum absolute atomic E-state index is 0.163. The number of hydrogen-bond acceptors (Lipinski definition) is 2. The van der Waals surface area contributed by atoms with E-state index < -0.39 is 6.09 Å². The first kappa shape index (κ1) is 13.7. The smallest absolute Gasteiger partial charge is 0.408 e. The van der Waals surface area contributed by atoms with Gasteiger partial charge >= 0.3 is 6.09 Å². The quantitative estimate of drug-likeness (QED) is 0.518. The molecule has 1 aliphatic rings. The molecule has 100 valence electrons. The Bertz CT molecular complexity index is 513. The van der Waals surface area contributed by atoms with E-state index in [2.05, 4.69) is 26.0 Å². The minimum Gasteiger partial charge on any atom is -0.465 e. The number of amides is 1. The molecule has 1 aromatic carbocycles. The van der Waals surface area contributed by atoms with E-state index >= 15 is 0 Å². The third kappa shape index (κ3) is 3.00. The number of nitrogens with zero attached hydrogens (tertiary/aromatic N) is 4. The first-order valence-electron chi connectivity index (χ1n) is 5.91. The molecule has 6 nitrogen and oxygen atoms in total. The van der Waals surface area contributed by atoms with E-state index in [0.717, 1.165) is 16.5 Å². The van der Waals surface area contributed by atoms with Crippen molar-refractivity contribution in [2.45, 2.75) is 24.9 Å². The molecule has 1 heterocycles. The summed E-state index contributed by atoms with van der Waals surface area (Å²) in [6, 6.07) is 7.24. The Morgan fingerprint density at radius 3 is 2.74 bits per heavy atom. The highest BCUT2D eigenvalue weighted by atomic mass is 79.9. The number of halogens is 1. The van der Waals surface area contributed by atoms with Crippen molar-refractivity contribution in [2.24, 2.45) is 5.11 Å². The average Bonchev–Trinajstić information content (AvgIpc) is 2.81. The summed E-state index contributed by atoms with van der Waals surface area (Å²) in [7, 11) is 0. The van der Waals surface area contributed by atoms with E-state index in [1.54, 1.807) is 0 Å². The standard InChI is InChI=1S/C12H13BrN4O2/c13-9-3-1-8(2-4-9)11-6-5-10(7-15-16-14)17(11)12(18)19/h1-4,10-11H,5-7H2,(H,18,19). The van der Waals surface area contributed by atoms with Gasteiger partial charge in [-0.2, -0.15) is 0 Å². The van der Waals surface area contributed by atoms with Crippen LogP contribution in [0.25, 0.3) is 10.4 Å². The predicted octanol–water partition coefficient (Wildman–Crippen LogP) is 3.94. The highest BCUT2D eigenvalue weighted by Gasteiger charge is 2.37. The number of benzene rings is 1. The van der Waals surface area contributed by atoms with Gasteiger partial charge in [-0.1, -0.05) is 33.2 Å². The molecular weight excluding hydrogens is 312 g/mol. The maximum absolute atomic E-state index is 11.4. The molecule has 0 bridgehead atoms. The third-order valence-electron chi connectivity index (χ3n) is 3.33. The van der Waals surface area contributed by atoms with Crippen molar-refractivity contribution < 1.29 is 9.90 Å². The SMILES string of the molecule is [N-]=[N+]=NCC1CCC(c2ccc(Br)cc2)N1C(=O)O. The van der Waals surface area contributed by atoms with Crippen LogP contribution in [0.15, 0.2) is 33.9 Å². The highest BCUT2D eigenvalue weighted by molar-refractivity contribution is 9.10. The summed E-state index contributed by atoms with van der Waals surface area (Å²) in [4.78, 5) is 15.5. The summed E-state index contributed by atoms with van der Waals surface area (Å²) < 4.78 is 0.960. The van der Waals surface area contributed by atoms with Crippen LogP contribution in [0.4, 0.5) is 4.79 Å².